The van der Waals surface area contributed by atoms with E-state index >= 15 is 0 Å². The first kappa shape index (κ1) is 9.63. The summed E-state index contributed by atoms with van der Waals surface area (Å²) in [6.07, 6.45) is 2.60. The molecule has 2 N–H and O–H groups in total. The summed E-state index contributed by atoms with van der Waals surface area (Å²) in [6.45, 7) is 4.20. The maximum absolute atomic E-state index is 5.98. The normalized spacial score (nSPS) is 17.9. The lowest BCUT2D eigenvalue weighted by atomic mass is 10.2. The molecule has 0 bridgehead atoms. The molecular weight excluding hydrogens is 200 g/mol. The predicted molar refractivity (Wildman–Crippen MR) is 64.1 cm³/mol. The van der Waals surface area contributed by atoms with E-state index in [0.29, 0.717) is 12.0 Å². The number of nitrogen functional groups attached to an aromatic ring is 1. The number of nitrogens with zero attached hydrogens (tertiary/aromatic N) is 3. The van der Waals surface area contributed by atoms with E-state index in [9.17, 15) is 0 Å². The van der Waals surface area contributed by atoms with Crippen molar-refractivity contribution in [3.8, 4) is 0 Å². The van der Waals surface area contributed by atoms with Gasteiger partial charge in [0.2, 0.25) is 5.95 Å². The highest BCUT2D eigenvalue weighted by atomic mass is 15.2. The molecule has 2 heterocycles. The second-order valence-corrected chi connectivity index (χ2v) is 4.71. The van der Waals surface area contributed by atoms with Gasteiger partial charge < -0.3 is 5.73 Å². The number of anilines is 1. The highest BCUT2D eigenvalue weighted by Gasteiger charge is 2.31. The van der Waals surface area contributed by atoms with Crippen molar-refractivity contribution in [1.29, 1.82) is 0 Å². The van der Waals surface area contributed by atoms with E-state index in [1.807, 2.05) is 19.1 Å². The standard InChI is InChI=1S/C12H16N4/c1-7-3-6-10-11(14-7)16(12(13)15-10)8(2)9-4-5-9/h3,6,8-9H,4-5H2,1-2H3,(H2,13,15). The van der Waals surface area contributed by atoms with Crippen LogP contribution in [0.3, 0.4) is 0 Å². The van der Waals surface area contributed by atoms with Gasteiger partial charge in [0.25, 0.3) is 0 Å². The number of aryl methyl sites for hydroxylation is 1. The van der Waals surface area contributed by atoms with Crippen molar-refractivity contribution >= 4 is 17.1 Å². The zero-order valence-corrected chi connectivity index (χ0v) is 9.64. The van der Waals surface area contributed by atoms with Gasteiger partial charge in [-0.15, -0.1) is 0 Å². The van der Waals surface area contributed by atoms with E-state index in [0.717, 1.165) is 22.8 Å². The van der Waals surface area contributed by atoms with Crippen LogP contribution < -0.4 is 5.73 Å². The molecule has 1 aliphatic carbocycles. The second-order valence-electron chi connectivity index (χ2n) is 4.71. The number of pyridine rings is 1. The molecule has 2 aromatic rings. The van der Waals surface area contributed by atoms with Gasteiger partial charge >= 0.3 is 0 Å². The first-order chi connectivity index (χ1) is 7.66. The third-order valence-electron chi connectivity index (χ3n) is 3.42. The number of fused-ring (bicyclic) bond motifs is 1. The lowest BCUT2D eigenvalue weighted by molar-refractivity contribution is 0.501. The molecule has 0 saturated heterocycles. The van der Waals surface area contributed by atoms with Crippen molar-refractivity contribution in [2.45, 2.75) is 32.7 Å². The molecule has 0 radical (unpaired) electrons. The van der Waals surface area contributed by atoms with Crippen LogP contribution in [-0.2, 0) is 0 Å². The Labute approximate surface area is 94.5 Å². The van der Waals surface area contributed by atoms with Gasteiger partial charge in [0.05, 0.1) is 0 Å². The van der Waals surface area contributed by atoms with E-state index in [1.54, 1.807) is 0 Å². The Bertz CT molecular complexity index is 539. The molecule has 0 spiro atoms. The summed E-state index contributed by atoms with van der Waals surface area (Å²) in [5, 5.41) is 0. The lowest BCUT2D eigenvalue weighted by Gasteiger charge is -2.14. The van der Waals surface area contributed by atoms with Crippen molar-refractivity contribution in [1.82, 2.24) is 14.5 Å². The van der Waals surface area contributed by atoms with Gasteiger partial charge in [-0.1, -0.05) is 0 Å². The summed E-state index contributed by atoms with van der Waals surface area (Å²) in [7, 11) is 0. The fraction of sp³-hybridized carbons (Fsp3) is 0.500. The highest BCUT2D eigenvalue weighted by molar-refractivity contribution is 5.74. The topological polar surface area (TPSA) is 56.7 Å². The van der Waals surface area contributed by atoms with E-state index in [2.05, 4.69) is 21.5 Å². The number of hydrogen-bond acceptors (Lipinski definition) is 3. The molecule has 1 unspecified atom stereocenters. The van der Waals surface area contributed by atoms with E-state index in [-0.39, 0.29) is 0 Å². The summed E-state index contributed by atoms with van der Waals surface area (Å²) >= 11 is 0. The third kappa shape index (κ3) is 1.37. The van der Waals surface area contributed by atoms with Crippen molar-refractivity contribution in [3.63, 3.8) is 0 Å². The molecule has 0 amide bonds. The molecule has 1 aliphatic rings. The van der Waals surface area contributed by atoms with E-state index in [1.165, 1.54) is 12.8 Å². The van der Waals surface area contributed by atoms with Gasteiger partial charge in [-0.2, -0.15) is 0 Å². The van der Waals surface area contributed by atoms with Crippen LogP contribution in [0.25, 0.3) is 11.2 Å². The van der Waals surface area contributed by atoms with Crippen LogP contribution in [0.4, 0.5) is 5.95 Å². The Morgan fingerprint density at radius 1 is 1.38 bits per heavy atom. The SMILES string of the molecule is Cc1ccc2nc(N)n(C(C)C3CC3)c2n1. The minimum atomic E-state index is 0.416. The van der Waals surface area contributed by atoms with E-state index in [4.69, 9.17) is 5.73 Å². The number of nitrogens with two attached hydrogens (primary N) is 1. The molecule has 0 aliphatic heterocycles. The molecule has 1 fully saturated rings. The fourth-order valence-electron chi connectivity index (χ4n) is 2.28. The Morgan fingerprint density at radius 3 is 2.81 bits per heavy atom. The van der Waals surface area contributed by atoms with Crippen LogP contribution in [0.5, 0.6) is 0 Å². The van der Waals surface area contributed by atoms with Crippen molar-refractivity contribution < 1.29 is 0 Å². The van der Waals surface area contributed by atoms with Crippen LogP contribution in [-0.4, -0.2) is 14.5 Å². The molecule has 4 heteroatoms. The molecule has 2 aromatic heterocycles. The minimum absolute atomic E-state index is 0.416. The van der Waals surface area contributed by atoms with Crippen LogP contribution in [0.15, 0.2) is 12.1 Å². The number of imidazole rings is 1. The smallest absolute Gasteiger partial charge is 0.202 e. The Hall–Kier alpha value is -1.58. The maximum atomic E-state index is 5.98. The molecule has 4 nitrogen and oxygen atoms in total. The quantitative estimate of drug-likeness (QED) is 0.838. The molecule has 16 heavy (non-hydrogen) atoms. The summed E-state index contributed by atoms with van der Waals surface area (Å²) in [6, 6.07) is 4.38. The van der Waals surface area contributed by atoms with Gasteiger partial charge in [-0.25, -0.2) is 9.97 Å². The Balaban J connectivity index is 2.20. The average Bonchev–Trinajstić information content (AvgIpc) is 3.01. The van der Waals surface area contributed by atoms with Crippen molar-refractivity contribution in [2.24, 2.45) is 5.92 Å². The number of rotatable bonds is 2. The zero-order chi connectivity index (χ0) is 11.3. The molecule has 1 atom stereocenters. The van der Waals surface area contributed by atoms with Gasteiger partial charge in [0, 0.05) is 11.7 Å². The van der Waals surface area contributed by atoms with Crippen molar-refractivity contribution in [2.75, 3.05) is 5.73 Å². The molecule has 0 aromatic carbocycles. The number of aromatic nitrogens is 3. The Morgan fingerprint density at radius 2 is 2.12 bits per heavy atom. The largest absolute Gasteiger partial charge is 0.369 e. The zero-order valence-electron chi connectivity index (χ0n) is 9.64. The molecular formula is C12H16N4. The van der Waals surface area contributed by atoms with Crippen LogP contribution in [0.1, 0.15) is 31.5 Å². The molecule has 3 rings (SSSR count). The highest BCUT2D eigenvalue weighted by Crippen LogP contribution is 2.41. The van der Waals surface area contributed by atoms with Gasteiger partial charge in [-0.3, -0.25) is 4.57 Å². The van der Waals surface area contributed by atoms with Gasteiger partial charge in [0.15, 0.2) is 5.65 Å². The number of hydrogen-bond donors (Lipinski definition) is 1. The predicted octanol–water partition coefficient (Wildman–Crippen LogP) is 2.29. The fourth-order valence-corrected chi connectivity index (χ4v) is 2.28. The first-order valence-corrected chi connectivity index (χ1v) is 5.78. The summed E-state index contributed by atoms with van der Waals surface area (Å²) < 4.78 is 2.08. The minimum Gasteiger partial charge on any atom is -0.369 e. The maximum Gasteiger partial charge on any atom is 0.202 e. The van der Waals surface area contributed by atoms with Crippen LogP contribution in [0.2, 0.25) is 0 Å². The molecule has 1 saturated carbocycles. The summed E-state index contributed by atoms with van der Waals surface area (Å²) in [5.74, 6) is 1.34. The first-order valence-electron chi connectivity index (χ1n) is 5.78. The Kier molecular flexibility index (Phi) is 1.93. The monoisotopic (exact) mass is 216 g/mol. The summed E-state index contributed by atoms with van der Waals surface area (Å²) in [5.41, 5.74) is 8.82. The molecule has 84 valence electrons. The third-order valence-corrected chi connectivity index (χ3v) is 3.42. The van der Waals surface area contributed by atoms with Crippen molar-refractivity contribution in [3.05, 3.63) is 17.8 Å². The van der Waals surface area contributed by atoms with Crippen LogP contribution >= 0.6 is 0 Å². The van der Waals surface area contributed by atoms with E-state index < -0.39 is 0 Å². The lowest BCUT2D eigenvalue weighted by Crippen LogP contribution is -2.11. The van der Waals surface area contributed by atoms with Crippen LogP contribution in [0, 0.1) is 12.8 Å². The second kappa shape index (κ2) is 3.20. The van der Waals surface area contributed by atoms with Gasteiger partial charge in [-0.05, 0) is 44.7 Å². The average molecular weight is 216 g/mol. The van der Waals surface area contributed by atoms with Gasteiger partial charge in [0.1, 0.15) is 5.52 Å². The summed E-state index contributed by atoms with van der Waals surface area (Å²) in [4.78, 5) is 8.91.